The van der Waals surface area contributed by atoms with Gasteiger partial charge in [-0.05, 0) is 0 Å². The minimum absolute atomic E-state index is 0. The Bertz CT molecular complexity index is 64.0. The van der Waals surface area contributed by atoms with Crippen molar-refractivity contribution in [2.45, 2.75) is 0 Å². The second-order valence-electron chi connectivity index (χ2n) is 0.814. The first-order valence-corrected chi connectivity index (χ1v) is 2.57. The Morgan fingerprint density at radius 1 is 1.50 bits per heavy atom. The summed E-state index contributed by atoms with van der Waals surface area (Å²) in [6.07, 6.45) is 0. The average molecular weight is 101 g/mol. The summed E-state index contributed by atoms with van der Waals surface area (Å²) in [6.45, 7) is 0. The summed E-state index contributed by atoms with van der Waals surface area (Å²) in [6, 6.07) is 3.96. The van der Waals surface area contributed by atoms with E-state index in [4.69, 9.17) is 0 Å². The molecule has 4 N–H and O–H groups in total. The van der Waals surface area contributed by atoms with E-state index in [9.17, 15) is 0 Å². The van der Waals surface area contributed by atoms with Crippen molar-refractivity contribution in [3.05, 3.63) is 23.7 Å². The number of hydrogen-bond donors (Lipinski definition) is 1. The molecule has 1 rings (SSSR count). The fourth-order valence-electron chi connectivity index (χ4n) is 0.241. The van der Waals surface area contributed by atoms with Crippen LogP contribution in [0.3, 0.4) is 0 Å². The Balaban J connectivity index is 0.000000250. The third kappa shape index (κ3) is 1.25. The molecule has 34 valence electrons. The number of hydrogen-bond acceptors (Lipinski definition) is 0. The fourth-order valence-corrected chi connectivity index (χ4v) is 0.722. The Labute approximate surface area is 39.1 Å². The highest BCUT2D eigenvalue weighted by atomic mass is 31.0. The summed E-state index contributed by atoms with van der Waals surface area (Å²) < 4.78 is 0. The lowest BCUT2D eigenvalue weighted by Crippen LogP contribution is -1.17. The van der Waals surface area contributed by atoms with Gasteiger partial charge in [0.25, 0.3) is 0 Å². The molecule has 1 atom stereocenters. The maximum atomic E-state index is 3.01. The highest BCUT2D eigenvalue weighted by molar-refractivity contribution is 7.27. The van der Waals surface area contributed by atoms with Crippen LogP contribution < -0.4 is 6.15 Å². The summed E-state index contributed by atoms with van der Waals surface area (Å²) in [4.78, 5) is 0. The third-order valence-electron chi connectivity index (χ3n) is 0.442. The van der Waals surface area contributed by atoms with E-state index in [-0.39, 0.29) is 6.15 Å². The molecule has 0 aliphatic heterocycles. The molecule has 6 heavy (non-hydrogen) atoms. The second kappa shape index (κ2) is 2.95. The van der Waals surface area contributed by atoms with Crippen molar-refractivity contribution < 1.29 is 0 Å². The van der Waals surface area contributed by atoms with E-state index in [0.29, 0.717) is 0 Å². The molecule has 0 radical (unpaired) electrons. The largest absolute Gasteiger partial charge is 0.369 e. The van der Waals surface area contributed by atoms with E-state index in [1.54, 1.807) is 0 Å². The standard InChI is InChI=1S/C4H4P.H3N/c1-2-4-5-3-1;/h1-3,5H;1H3/q-1;/p+1. The molecule has 1 aromatic rings. The highest BCUT2D eigenvalue weighted by Crippen LogP contribution is 1.98. The SMILES string of the molecule is [NH4+].[c-]1ccc[pH]1. The first kappa shape index (κ1) is 5.74. The minimum Gasteiger partial charge on any atom is -0.369 e. The van der Waals surface area contributed by atoms with E-state index in [1.165, 1.54) is 0 Å². The maximum Gasteiger partial charge on any atom is -0.163 e. The summed E-state index contributed by atoms with van der Waals surface area (Å²) in [5.41, 5.74) is 0. The highest BCUT2D eigenvalue weighted by Gasteiger charge is 1.43. The average Bonchev–Trinajstić information content (AvgIpc) is 1.76. The molecule has 1 nitrogen and oxygen atoms in total. The quantitative estimate of drug-likeness (QED) is 0.484. The Hall–Kier alpha value is -0.260. The van der Waals surface area contributed by atoms with E-state index in [0.717, 1.165) is 8.19 Å². The van der Waals surface area contributed by atoms with Crippen LogP contribution in [0.4, 0.5) is 0 Å². The molecular weight excluding hydrogens is 93.0 g/mol. The normalized spacial score (nSPS) is 8.00. The molecule has 0 saturated heterocycles. The lowest BCUT2D eigenvalue weighted by molar-refractivity contribution is 2.01. The van der Waals surface area contributed by atoms with Gasteiger partial charge >= 0.3 is 0 Å². The van der Waals surface area contributed by atoms with Crippen LogP contribution in [0.15, 0.2) is 17.9 Å². The molecule has 1 unspecified atom stereocenters. The van der Waals surface area contributed by atoms with Crippen molar-refractivity contribution in [3.63, 3.8) is 0 Å². The first-order chi connectivity index (χ1) is 2.50. The molecule has 0 fully saturated rings. The molecule has 0 amide bonds. The zero-order valence-electron chi connectivity index (χ0n) is 3.73. The van der Waals surface area contributed by atoms with Crippen LogP contribution >= 0.6 is 8.19 Å². The van der Waals surface area contributed by atoms with Crippen LogP contribution in [0.2, 0.25) is 0 Å². The van der Waals surface area contributed by atoms with Crippen LogP contribution in [0.25, 0.3) is 0 Å². The van der Waals surface area contributed by atoms with E-state index in [2.05, 4.69) is 11.6 Å². The van der Waals surface area contributed by atoms with Gasteiger partial charge in [-0.1, -0.05) is 0 Å². The summed E-state index contributed by atoms with van der Waals surface area (Å²) in [5.74, 6) is 5.11. The Morgan fingerprint density at radius 2 is 2.33 bits per heavy atom. The predicted molar refractivity (Wildman–Crippen MR) is 30.8 cm³/mol. The number of rotatable bonds is 0. The van der Waals surface area contributed by atoms with Gasteiger partial charge in [0.2, 0.25) is 0 Å². The van der Waals surface area contributed by atoms with Crippen LogP contribution in [0, 0.1) is 5.80 Å². The molecule has 1 heterocycles. The molecule has 1 aromatic heterocycles. The molecule has 2 heteroatoms. The van der Waals surface area contributed by atoms with E-state index < -0.39 is 0 Å². The van der Waals surface area contributed by atoms with Crippen molar-refractivity contribution in [2.75, 3.05) is 0 Å². The smallest absolute Gasteiger partial charge is 0.163 e. The van der Waals surface area contributed by atoms with Gasteiger partial charge in [0.05, 0.1) is 0 Å². The zero-order chi connectivity index (χ0) is 3.54. The molecule has 0 aliphatic carbocycles. The fraction of sp³-hybridized carbons (Fsp3) is 0. The third-order valence-corrected chi connectivity index (χ3v) is 1.13. The molecule has 0 aliphatic rings. The van der Waals surface area contributed by atoms with Crippen molar-refractivity contribution in [2.24, 2.45) is 0 Å². The lowest BCUT2D eigenvalue weighted by atomic mass is 10.7. The predicted octanol–water partition coefficient (Wildman–Crippen LogP) is 1.89. The molecule has 0 saturated carbocycles. The van der Waals surface area contributed by atoms with Gasteiger partial charge in [-0.2, -0.15) is 17.7 Å². The van der Waals surface area contributed by atoms with Crippen molar-refractivity contribution in [3.8, 4) is 0 Å². The summed E-state index contributed by atoms with van der Waals surface area (Å²) in [7, 11) is 0.823. The topological polar surface area (TPSA) is 36.5 Å². The molecule has 0 bridgehead atoms. The maximum absolute atomic E-state index is 3.01. The van der Waals surface area contributed by atoms with E-state index in [1.807, 2.05) is 12.1 Å². The summed E-state index contributed by atoms with van der Waals surface area (Å²) >= 11 is 0. The second-order valence-corrected chi connectivity index (χ2v) is 1.73. The van der Waals surface area contributed by atoms with Gasteiger partial charge in [-0.15, -0.1) is 0 Å². The van der Waals surface area contributed by atoms with Gasteiger partial charge in [-0.25, -0.2) is 6.07 Å². The minimum atomic E-state index is 0. The van der Waals surface area contributed by atoms with Gasteiger partial charge < -0.3 is 6.15 Å². The lowest BCUT2D eigenvalue weighted by Gasteiger charge is -1.54. The van der Waals surface area contributed by atoms with Crippen molar-refractivity contribution in [1.29, 1.82) is 0 Å². The zero-order valence-corrected chi connectivity index (χ0v) is 4.73. The monoisotopic (exact) mass is 101 g/mol. The van der Waals surface area contributed by atoms with Crippen LogP contribution in [-0.4, -0.2) is 0 Å². The molecule has 0 spiro atoms. The van der Waals surface area contributed by atoms with Gasteiger partial charge in [0, 0.05) is 0 Å². The number of quaternary nitrogens is 1. The van der Waals surface area contributed by atoms with Gasteiger partial charge in [0.1, 0.15) is 0 Å². The van der Waals surface area contributed by atoms with Gasteiger partial charge in [-0.3, -0.25) is 8.19 Å². The van der Waals surface area contributed by atoms with Gasteiger partial charge in [0.15, 0.2) is 0 Å². The molecule has 0 aromatic carbocycles. The first-order valence-electron chi connectivity index (χ1n) is 1.49. The molecular formula is C4H8NP. The summed E-state index contributed by atoms with van der Waals surface area (Å²) in [5, 5.41) is 0. The van der Waals surface area contributed by atoms with E-state index >= 15 is 0 Å². The Kier molecular flexibility index (Phi) is 2.82. The Morgan fingerprint density at radius 3 is 2.50 bits per heavy atom. The van der Waals surface area contributed by atoms with Crippen LogP contribution in [-0.2, 0) is 0 Å². The van der Waals surface area contributed by atoms with Crippen LogP contribution in [0.5, 0.6) is 0 Å². The van der Waals surface area contributed by atoms with Crippen molar-refractivity contribution >= 4 is 8.19 Å². The van der Waals surface area contributed by atoms with Crippen LogP contribution in [0.1, 0.15) is 0 Å². The van der Waals surface area contributed by atoms with Crippen molar-refractivity contribution in [1.82, 2.24) is 6.15 Å².